The van der Waals surface area contributed by atoms with E-state index in [-0.39, 0.29) is 0 Å². The number of nitrogens with one attached hydrogen (secondary N) is 3. The van der Waals surface area contributed by atoms with Gasteiger partial charge < -0.3 is 21.1 Å². The monoisotopic (exact) mass is 301 g/mol. The van der Waals surface area contributed by atoms with Crippen molar-refractivity contribution in [3.05, 3.63) is 29.3 Å². The molecule has 4 N–H and O–H groups in total. The zero-order chi connectivity index (χ0) is 16.2. The van der Waals surface area contributed by atoms with E-state index in [1.54, 1.807) is 0 Å². The number of hydrogen-bond acceptors (Lipinski definition) is 3. The fraction of sp³-hybridized carbons (Fsp3) is 0.250. The highest BCUT2D eigenvalue weighted by molar-refractivity contribution is 5.95. The Bertz CT molecular complexity index is 592. The van der Waals surface area contributed by atoms with Crippen molar-refractivity contribution in [2.45, 2.75) is 13.0 Å². The third kappa shape index (κ3) is 4.13. The number of carboxylic acid groups (broad SMARTS) is 1. The smallest absolute Gasteiger partial charge is 0.338 e. The number of aromatic carboxylic acids is 1. The molecule has 0 aliphatic rings. The minimum absolute atomic E-state index is 0.348. The van der Waals surface area contributed by atoms with E-state index >= 15 is 0 Å². The molecule has 0 heterocycles. The lowest BCUT2D eigenvalue weighted by atomic mass is 10.2. The number of rotatable bonds is 4. The van der Waals surface area contributed by atoms with Gasteiger partial charge in [0.25, 0.3) is 0 Å². The summed E-state index contributed by atoms with van der Waals surface area (Å²) >= 11 is 0. The first-order chi connectivity index (χ1) is 9.76. The first-order valence-electron chi connectivity index (χ1n) is 5.77. The van der Waals surface area contributed by atoms with Gasteiger partial charge in [0.2, 0.25) is 5.91 Å². The van der Waals surface area contributed by atoms with E-state index in [4.69, 9.17) is 5.11 Å². The zero-order valence-electron chi connectivity index (χ0n) is 11.2. The van der Waals surface area contributed by atoms with E-state index in [0.717, 1.165) is 0 Å². The number of anilines is 1. The van der Waals surface area contributed by atoms with Gasteiger partial charge in [-0.1, -0.05) is 0 Å². The summed E-state index contributed by atoms with van der Waals surface area (Å²) in [7, 11) is 1.37. The molecule has 1 unspecified atom stereocenters. The molecule has 0 fully saturated rings. The molecular weight excluding hydrogens is 288 g/mol. The normalized spacial score (nSPS) is 11.4. The molecule has 1 atom stereocenters. The van der Waals surface area contributed by atoms with E-state index < -0.39 is 46.8 Å². The van der Waals surface area contributed by atoms with E-state index in [1.807, 2.05) is 5.32 Å². The predicted molar refractivity (Wildman–Crippen MR) is 69.0 cm³/mol. The zero-order valence-corrected chi connectivity index (χ0v) is 11.2. The fourth-order valence-electron chi connectivity index (χ4n) is 1.45. The van der Waals surface area contributed by atoms with Crippen molar-refractivity contribution in [2.24, 2.45) is 0 Å². The van der Waals surface area contributed by atoms with E-state index in [0.29, 0.717) is 12.1 Å². The lowest BCUT2D eigenvalue weighted by Gasteiger charge is -2.14. The first-order valence-corrected chi connectivity index (χ1v) is 5.77. The van der Waals surface area contributed by atoms with Gasteiger partial charge in [0.05, 0.1) is 11.3 Å². The van der Waals surface area contributed by atoms with Crippen LogP contribution >= 0.6 is 0 Å². The maximum Gasteiger partial charge on any atom is 0.338 e. The molecular formula is C12H13F2N3O4. The Morgan fingerprint density at radius 1 is 1.19 bits per heavy atom. The highest BCUT2D eigenvalue weighted by Crippen LogP contribution is 2.19. The van der Waals surface area contributed by atoms with Crippen molar-refractivity contribution in [2.75, 3.05) is 12.4 Å². The minimum Gasteiger partial charge on any atom is -0.478 e. The molecule has 21 heavy (non-hydrogen) atoms. The third-order valence-electron chi connectivity index (χ3n) is 2.52. The predicted octanol–water partition coefficient (Wildman–Crippen LogP) is 0.919. The average molecular weight is 301 g/mol. The molecule has 0 aliphatic heterocycles. The molecule has 0 aliphatic carbocycles. The van der Waals surface area contributed by atoms with Crippen molar-refractivity contribution in [1.29, 1.82) is 0 Å². The summed E-state index contributed by atoms with van der Waals surface area (Å²) in [5.74, 6) is -4.48. The van der Waals surface area contributed by atoms with Gasteiger partial charge in [-0.05, 0) is 13.0 Å². The van der Waals surface area contributed by atoms with Crippen LogP contribution in [0.4, 0.5) is 19.3 Å². The maximum atomic E-state index is 13.5. The summed E-state index contributed by atoms with van der Waals surface area (Å²) in [4.78, 5) is 33.5. The molecule has 1 rings (SSSR count). The Labute approximate surface area is 118 Å². The van der Waals surface area contributed by atoms with Gasteiger partial charge in [-0.15, -0.1) is 0 Å². The summed E-state index contributed by atoms with van der Waals surface area (Å²) in [5, 5.41) is 15.2. The van der Waals surface area contributed by atoms with Gasteiger partial charge in [-0.2, -0.15) is 0 Å². The van der Waals surface area contributed by atoms with Crippen LogP contribution in [0, 0.1) is 11.6 Å². The lowest BCUT2D eigenvalue weighted by molar-refractivity contribution is -0.122. The molecule has 7 nitrogen and oxygen atoms in total. The van der Waals surface area contributed by atoms with Gasteiger partial charge in [-0.3, -0.25) is 4.79 Å². The van der Waals surface area contributed by atoms with Crippen molar-refractivity contribution in [1.82, 2.24) is 10.6 Å². The number of hydrogen-bond donors (Lipinski definition) is 4. The van der Waals surface area contributed by atoms with Crippen molar-refractivity contribution in [3.8, 4) is 0 Å². The molecule has 114 valence electrons. The first kappa shape index (κ1) is 16.3. The lowest BCUT2D eigenvalue weighted by Crippen LogP contribution is -2.45. The Kier molecular flexibility index (Phi) is 5.17. The Morgan fingerprint density at radius 3 is 2.33 bits per heavy atom. The minimum atomic E-state index is -1.60. The number of amides is 3. The second-order valence-corrected chi connectivity index (χ2v) is 4.05. The van der Waals surface area contributed by atoms with Gasteiger partial charge in [0.15, 0.2) is 0 Å². The number of benzene rings is 1. The molecule has 0 spiro atoms. The second-order valence-electron chi connectivity index (χ2n) is 4.05. The molecule has 9 heteroatoms. The van der Waals surface area contributed by atoms with Gasteiger partial charge in [0.1, 0.15) is 17.7 Å². The average Bonchev–Trinajstić information content (AvgIpc) is 2.40. The van der Waals surface area contributed by atoms with E-state index in [9.17, 15) is 23.2 Å². The summed E-state index contributed by atoms with van der Waals surface area (Å²) in [6.07, 6.45) is 0. The number of likely N-dealkylation sites (N-methyl/N-ethyl adjacent to an activating group) is 1. The van der Waals surface area contributed by atoms with Crippen molar-refractivity contribution in [3.63, 3.8) is 0 Å². The van der Waals surface area contributed by atoms with Crippen LogP contribution in [0.15, 0.2) is 12.1 Å². The van der Waals surface area contributed by atoms with Gasteiger partial charge >= 0.3 is 12.0 Å². The van der Waals surface area contributed by atoms with Crippen molar-refractivity contribution >= 4 is 23.6 Å². The summed E-state index contributed by atoms with van der Waals surface area (Å²) in [6.45, 7) is 1.39. The number of carbonyl (C=O) groups is 3. The second kappa shape index (κ2) is 6.64. The largest absolute Gasteiger partial charge is 0.478 e. The van der Waals surface area contributed by atoms with Crippen LogP contribution in [0.1, 0.15) is 17.3 Å². The van der Waals surface area contributed by atoms with Crippen LogP contribution in [0.3, 0.4) is 0 Å². The molecule has 0 saturated heterocycles. The van der Waals surface area contributed by atoms with E-state index in [1.165, 1.54) is 14.0 Å². The molecule has 0 radical (unpaired) electrons. The van der Waals surface area contributed by atoms with Gasteiger partial charge in [0, 0.05) is 13.1 Å². The molecule has 1 aromatic carbocycles. The number of halogens is 2. The fourth-order valence-corrected chi connectivity index (χ4v) is 1.45. The summed E-state index contributed by atoms with van der Waals surface area (Å²) in [6, 6.07) is -0.830. The topological polar surface area (TPSA) is 108 Å². The molecule has 0 aromatic heterocycles. The highest BCUT2D eigenvalue weighted by atomic mass is 19.1. The standard InChI is InChI=1S/C12H13F2N3O4/c1-5(10(18)15-2)16-12(21)17-9-3-6(11(19)20)7(13)4-8(9)14/h3-5H,1-2H3,(H,15,18)(H,19,20)(H2,16,17,21). The SMILES string of the molecule is CNC(=O)C(C)NC(=O)Nc1cc(C(=O)O)c(F)cc1F. The number of carbonyl (C=O) groups excluding carboxylic acids is 2. The van der Waals surface area contributed by atoms with Crippen LogP contribution in [0.25, 0.3) is 0 Å². The number of urea groups is 1. The van der Waals surface area contributed by atoms with Gasteiger partial charge in [-0.25, -0.2) is 18.4 Å². The Morgan fingerprint density at radius 2 is 1.81 bits per heavy atom. The van der Waals surface area contributed by atoms with Crippen molar-refractivity contribution < 1.29 is 28.3 Å². The Hall–Kier alpha value is -2.71. The van der Waals surface area contributed by atoms with Crippen LogP contribution < -0.4 is 16.0 Å². The van der Waals surface area contributed by atoms with Crippen LogP contribution in [0.2, 0.25) is 0 Å². The molecule has 3 amide bonds. The number of carboxylic acids is 1. The van der Waals surface area contributed by atoms with Crippen LogP contribution in [-0.2, 0) is 4.79 Å². The third-order valence-corrected chi connectivity index (χ3v) is 2.52. The summed E-state index contributed by atoms with van der Waals surface area (Å²) in [5.41, 5.74) is -1.30. The molecule has 0 bridgehead atoms. The highest BCUT2D eigenvalue weighted by Gasteiger charge is 2.18. The molecule has 0 saturated carbocycles. The van der Waals surface area contributed by atoms with E-state index in [2.05, 4.69) is 10.6 Å². The summed E-state index contributed by atoms with van der Waals surface area (Å²) < 4.78 is 26.6. The molecule has 1 aromatic rings. The maximum absolute atomic E-state index is 13.5. The Balaban J connectivity index is 2.88. The van der Waals surface area contributed by atoms with Crippen LogP contribution in [-0.4, -0.2) is 36.1 Å². The quantitative estimate of drug-likeness (QED) is 0.663. The van der Waals surface area contributed by atoms with Crippen LogP contribution in [0.5, 0.6) is 0 Å².